The average molecular weight is 434 g/mol. The zero-order valence-corrected chi connectivity index (χ0v) is 16.9. The van der Waals surface area contributed by atoms with Crippen LogP contribution >= 0.6 is 23.2 Å². The second kappa shape index (κ2) is 6.58. The highest BCUT2D eigenvalue weighted by atomic mass is 35.5. The summed E-state index contributed by atoms with van der Waals surface area (Å²) in [5.41, 5.74) is 0.0136. The number of benzene rings is 1. The predicted octanol–water partition coefficient (Wildman–Crippen LogP) is 2.89. The van der Waals surface area contributed by atoms with Crippen LogP contribution in [0.25, 0.3) is 0 Å². The Morgan fingerprint density at radius 1 is 1.34 bits per heavy atom. The number of nitrogens with zero attached hydrogens (tertiary/aromatic N) is 2. The maximum atomic E-state index is 13.2. The third-order valence-electron chi connectivity index (χ3n) is 5.75. The lowest BCUT2D eigenvalue weighted by Crippen LogP contribution is -2.44. The first kappa shape index (κ1) is 18.7. The highest BCUT2D eigenvalue weighted by molar-refractivity contribution is 6.42. The summed E-state index contributed by atoms with van der Waals surface area (Å²) < 4.78 is 11.2. The third kappa shape index (κ3) is 2.87. The van der Waals surface area contributed by atoms with Crippen molar-refractivity contribution >= 4 is 40.8 Å². The van der Waals surface area contributed by atoms with Crippen LogP contribution in [0, 0.1) is 18.8 Å². The van der Waals surface area contributed by atoms with Crippen LogP contribution in [0.1, 0.15) is 11.3 Å². The predicted molar refractivity (Wildman–Crippen MR) is 106 cm³/mol. The van der Waals surface area contributed by atoms with Gasteiger partial charge in [0.05, 0.1) is 34.5 Å². The van der Waals surface area contributed by atoms with E-state index < -0.39 is 23.5 Å². The molecule has 2 aromatic rings. The number of anilines is 1. The van der Waals surface area contributed by atoms with E-state index in [1.807, 2.05) is 12.2 Å². The van der Waals surface area contributed by atoms with Crippen molar-refractivity contribution in [2.45, 2.75) is 25.2 Å². The molecule has 5 rings (SSSR count). The number of carbonyl (C=O) groups excluding carboxylic acids is 2. The summed E-state index contributed by atoms with van der Waals surface area (Å²) in [7, 11) is 0. The number of aryl methyl sites for hydroxylation is 1. The molecule has 2 bridgehead atoms. The summed E-state index contributed by atoms with van der Waals surface area (Å²) in [4.78, 5) is 27.7. The van der Waals surface area contributed by atoms with Gasteiger partial charge in [0.2, 0.25) is 11.8 Å². The third-order valence-corrected chi connectivity index (χ3v) is 6.48. The number of nitrogens with one attached hydrogen (secondary N) is 1. The van der Waals surface area contributed by atoms with Crippen LogP contribution < -0.4 is 10.2 Å². The lowest BCUT2D eigenvalue weighted by Gasteiger charge is -2.23. The molecule has 2 fully saturated rings. The van der Waals surface area contributed by atoms with Gasteiger partial charge in [-0.3, -0.25) is 14.5 Å². The number of ether oxygens (including phenoxy) is 1. The van der Waals surface area contributed by atoms with E-state index in [4.69, 9.17) is 32.5 Å². The van der Waals surface area contributed by atoms with E-state index in [0.29, 0.717) is 28.2 Å². The molecule has 4 atom stereocenters. The largest absolute Gasteiger partial charge is 0.360 e. The summed E-state index contributed by atoms with van der Waals surface area (Å²) in [6.45, 7) is 2.35. The minimum Gasteiger partial charge on any atom is -0.360 e. The van der Waals surface area contributed by atoms with Crippen LogP contribution in [-0.4, -0.2) is 35.2 Å². The second-order valence-electron chi connectivity index (χ2n) is 7.59. The highest BCUT2D eigenvalue weighted by Crippen LogP contribution is 2.52. The van der Waals surface area contributed by atoms with Gasteiger partial charge >= 0.3 is 0 Å². The monoisotopic (exact) mass is 433 g/mol. The molecule has 1 N–H and O–H groups in total. The van der Waals surface area contributed by atoms with E-state index in [0.717, 1.165) is 5.56 Å². The molecule has 0 radical (unpaired) electrons. The zero-order valence-electron chi connectivity index (χ0n) is 15.4. The van der Waals surface area contributed by atoms with E-state index in [-0.39, 0.29) is 18.4 Å². The smallest absolute Gasteiger partial charge is 0.235 e. The van der Waals surface area contributed by atoms with Crippen molar-refractivity contribution in [3.05, 3.63) is 57.8 Å². The standard InChI is InChI=1S/C20H17Cl2N3O4/c1-10-6-15(24-29-10)25-9-20-5-4-14(28-20)16(17(20)19(25)27)18(26)23-8-11-2-3-12(21)13(22)7-11/h2-7,14,16-17H,8-9H2,1H3,(H,23,26)/t14-,16-,17-,20-/m1/s1. The maximum Gasteiger partial charge on any atom is 0.235 e. The molecule has 1 spiro atoms. The first-order valence-electron chi connectivity index (χ1n) is 9.21. The van der Waals surface area contributed by atoms with Crippen molar-refractivity contribution in [3.63, 3.8) is 0 Å². The SMILES string of the molecule is Cc1cc(N2C[C@@]34C=C[C@@H](O3)[C@@H](C(=O)NCc3ccc(Cl)c(Cl)c3)[C@@H]4C2=O)no1. The molecule has 3 aliphatic rings. The Balaban J connectivity index is 1.36. The molecule has 3 aliphatic heterocycles. The van der Waals surface area contributed by atoms with Gasteiger partial charge in [-0.2, -0.15) is 0 Å². The van der Waals surface area contributed by atoms with E-state index in [1.54, 1.807) is 31.2 Å². The molecule has 0 unspecified atom stereocenters. The number of carbonyl (C=O) groups is 2. The van der Waals surface area contributed by atoms with E-state index in [2.05, 4.69) is 10.5 Å². The molecular weight excluding hydrogens is 417 g/mol. The Labute approximate surface area is 176 Å². The number of amides is 2. The van der Waals surface area contributed by atoms with Gasteiger partial charge in [-0.25, -0.2) is 0 Å². The average Bonchev–Trinajstić information content (AvgIpc) is 3.43. The Morgan fingerprint density at radius 2 is 2.17 bits per heavy atom. The van der Waals surface area contributed by atoms with Crippen molar-refractivity contribution in [2.75, 3.05) is 11.4 Å². The van der Waals surface area contributed by atoms with Gasteiger partial charge in [-0.15, -0.1) is 0 Å². The molecule has 9 heteroatoms. The van der Waals surface area contributed by atoms with Gasteiger partial charge in [0.25, 0.3) is 0 Å². The normalized spacial score (nSPS) is 29.6. The van der Waals surface area contributed by atoms with E-state index in [9.17, 15) is 9.59 Å². The summed E-state index contributed by atoms with van der Waals surface area (Å²) in [6, 6.07) is 6.88. The molecule has 150 valence electrons. The number of fused-ring (bicyclic) bond motifs is 1. The van der Waals surface area contributed by atoms with Gasteiger partial charge in [-0.1, -0.05) is 46.6 Å². The first-order chi connectivity index (χ1) is 13.9. The first-order valence-corrected chi connectivity index (χ1v) is 9.97. The molecule has 4 heterocycles. The highest BCUT2D eigenvalue weighted by Gasteiger charge is 2.67. The van der Waals surface area contributed by atoms with E-state index in [1.165, 1.54) is 4.90 Å². The molecular formula is C20H17Cl2N3O4. The van der Waals surface area contributed by atoms with Crippen molar-refractivity contribution in [3.8, 4) is 0 Å². The number of aromatic nitrogens is 1. The summed E-state index contributed by atoms with van der Waals surface area (Å²) in [5.74, 6) is -0.564. The Kier molecular flexibility index (Phi) is 4.24. The Bertz CT molecular complexity index is 1050. The molecule has 0 saturated carbocycles. The van der Waals surface area contributed by atoms with Crippen molar-refractivity contribution in [2.24, 2.45) is 11.8 Å². The molecule has 2 saturated heterocycles. The lowest BCUT2D eigenvalue weighted by molar-refractivity contribution is -0.132. The van der Waals surface area contributed by atoms with Crippen molar-refractivity contribution in [1.29, 1.82) is 0 Å². The van der Waals surface area contributed by atoms with Crippen LogP contribution in [0.4, 0.5) is 5.82 Å². The fraction of sp³-hybridized carbons (Fsp3) is 0.350. The molecule has 1 aromatic heterocycles. The number of halogens is 2. The topological polar surface area (TPSA) is 84.7 Å². The van der Waals surface area contributed by atoms with Crippen LogP contribution in [0.2, 0.25) is 10.0 Å². The number of hydrogen-bond donors (Lipinski definition) is 1. The van der Waals surface area contributed by atoms with Gasteiger partial charge in [-0.05, 0) is 24.6 Å². The summed E-state index contributed by atoms with van der Waals surface area (Å²) in [5, 5.41) is 7.72. The number of hydrogen-bond acceptors (Lipinski definition) is 5. The quantitative estimate of drug-likeness (QED) is 0.749. The molecule has 29 heavy (non-hydrogen) atoms. The maximum absolute atomic E-state index is 13.2. The Hall–Kier alpha value is -2.35. The van der Waals surface area contributed by atoms with Crippen LogP contribution in [0.15, 0.2) is 40.9 Å². The minimum atomic E-state index is -0.805. The van der Waals surface area contributed by atoms with Crippen LogP contribution in [0.3, 0.4) is 0 Å². The van der Waals surface area contributed by atoms with Crippen molar-refractivity contribution < 1.29 is 18.8 Å². The number of rotatable bonds is 4. The minimum absolute atomic E-state index is 0.181. The summed E-state index contributed by atoms with van der Waals surface area (Å²) in [6.07, 6.45) is 3.35. The molecule has 1 aromatic carbocycles. The summed E-state index contributed by atoms with van der Waals surface area (Å²) >= 11 is 12.0. The lowest BCUT2D eigenvalue weighted by atomic mass is 9.77. The molecule has 7 nitrogen and oxygen atoms in total. The second-order valence-corrected chi connectivity index (χ2v) is 8.40. The van der Waals surface area contributed by atoms with Gasteiger partial charge in [0.1, 0.15) is 11.4 Å². The fourth-order valence-electron chi connectivity index (χ4n) is 4.43. The van der Waals surface area contributed by atoms with E-state index >= 15 is 0 Å². The zero-order chi connectivity index (χ0) is 20.3. The Morgan fingerprint density at radius 3 is 2.90 bits per heavy atom. The van der Waals surface area contributed by atoms with Crippen LogP contribution in [-0.2, 0) is 20.9 Å². The molecule has 2 amide bonds. The molecule has 0 aliphatic carbocycles. The van der Waals surface area contributed by atoms with Crippen molar-refractivity contribution in [1.82, 2.24) is 10.5 Å². The van der Waals surface area contributed by atoms with Crippen LogP contribution in [0.5, 0.6) is 0 Å². The van der Waals surface area contributed by atoms with Gasteiger partial charge in [0, 0.05) is 12.6 Å². The van der Waals surface area contributed by atoms with Gasteiger partial charge in [0.15, 0.2) is 5.82 Å². The van der Waals surface area contributed by atoms with Gasteiger partial charge < -0.3 is 14.6 Å². The fourth-order valence-corrected chi connectivity index (χ4v) is 4.75.